The van der Waals surface area contributed by atoms with Gasteiger partial charge in [-0.3, -0.25) is 52.4 Å². The van der Waals surface area contributed by atoms with Crippen LogP contribution in [-0.4, -0.2) is 129 Å². The van der Waals surface area contributed by atoms with Crippen LogP contribution in [0.2, 0.25) is 0 Å². The van der Waals surface area contributed by atoms with Crippen molar-refractivity contribution in [2.24, 2.45) is 65.3 Å². The van der Waals surface area contributed by atoms with Crippen LogP contribution in [-0.2, 0) is 58.2 Å². The number of aliphatic hydroxyl groups is 1. The van der Waals surface area contributed by atoms with Crippen LogP contribution in [0.25, 0.3) is 0 Å². The number of nitrogens with zero attached hydrogens (tertiary/aromatic N) is 9. The Bertz CT molecular complexity index is 2600. The zero-order valence-corrected chi connectivity index (χ0v) is 59.2. The summed E-state index contributed by atoms with van der Waals surface area (Å²) in [7, 11) is 3.57. The predicted octanol–water partition coefficient (Wildman–Crippen LogP) is 8.58. The number of nitrogens with two attached hydrogens (primary N) is 5. The van der Waals surface area contributed by atoms with E-state index < -0.39 is 23.1 Å². The van der Waals surface area contributed by atoms with Gasteiger partial charge in [-0.05, 0) is 171 Å². The molecule has 4 aromatic rings. The van der Waals surface area contributed by atoms with Crippen molar-refractivity contribution in [3.8, 4) is 0 Å². The molecule has 12 N–H and O–H groups in total. The number of aryl methyl sites for hydroxylation is 1. The number of hydrogen-bond acceptors (Lipinski definition) is 13. The topological polar surface area (TPSA) is 349 Å². The first-order valence-electron chi connectivity index (χ1n) is 31.8. The average Bonchev–Trinajstić information content (AvgIpc) is 4.35. The van der Waals surface area contributed by atoms with E-state index in [4.69, 9.17) is 38.5 Å². The summed E-state index contributed by atoms with van der Waals surface area (Å²) in [6.45, 7) is 45.8. The van der Waals surface area contributed by atoms with Crippen molar-refractivity contribution in [1.29, 1.82) is 0 Å². The molecule has 0 radical (unpaired) electrons. The highest BCUT2D eigenvalue weighted by Crippen LogP contribution is 2.39. The zero-order valence-electron chi connectivity index (χ0n) is 59.2. The third-order valence-electron chi connectivity index (χ3n) is 14.9. The van der Waals surface area contributed by atoms with Crippen LogP contribution in [0.5, 0.6) is 0 Å². The van der Waals surface area contributed by atoms with Crippen LogP contribution < -0.4 is 34.0 Å². The summed E-state index contributed by atoms with van der Waals surface area (Å²) in [5.41, 5.74) is 29.2. The number of likely N-dealkylation sites (tertiary alicyclic amines) is 1. The van der Waals surface area contributed by atoms with Crippen LogP contribution in [0.3, 0.4) is 0 Å². The van der Waals surface area contributed by atoms with Crippen molar-refractivity contribution in [3.63, 3.8) is 0 Å². The molecule has 1 saturated carbocycles. The Hall–Kier alpha value is -6.46. The lowest BCUT2D eigenvalue weighted by Gasteiger charge is -2.25. The number of ether oxygens (including phenoxy) is 1. The second-order valence-corrected chi connectivity index (χ2v) is 26.9. The summed E-state index contributed by atoms with van der Waals surface area (Å²) in [6.07, 6.45) is 21.1. The molecule has 23 heteroatoms. The predicted molar refractivity (Wildman–Crippen MR) is 357 cm³/mol. The van der Waals surface area contributed by atoms with Crippen molar-refractivity contribution in [3.05, 3.63) is 71.8 Å². The molecule has 89 heavy (non-hydrogen) atoms. The van der Waals surface area contributed by atoms with Gasteiger partial charge in [0.1, 0.15) is 17.2 Å². The van der Waals surface area contributed by atoms with Gasteiger partial charge in [0, 0.05) is 56.8 Å². The van der Waals surface area contributed by atoms with Gasteiger partial charge in [0.25, 0.3) is 0 Å². The third-order valence-corrected chi connectivity index (χ3v) is 14.9. The van der Waals surface area contributed by atoms with Gasteiger partial charge in [-0.25, -0.2) is 0 Å². The van der Waals surface area contributed by atoms with Crippen LogP contribution >= 0.6 is 0 Å². The largest absolute Gasteiger partial charge is 0.394 e. The van der Waals surface area contributed by atoms with E-state index in [1.807, 2.05) is 89.7 Å². The molecule has 6 rings (SSSR count). The number of aliphatic hydroxyl groups excluding tert-OH is 1. The molecule has 2 fully saturated rings. The Morgan fingerprint density at radius 1 is 0.596 bits per heavy atom. The Balaban J connectivity index is 0. The number of aromatic nitrogens is 8. The number of hydrogen-bond donors (Lipinski definition) is 7. The minimum atomic E-state index is -0.757. The van der Waals surface area contributed by atoms with Gasteiger partial charge < -0.3 is 43.8 Å². The summed E-state index contributed by atoms with van der Waals surface area (Å²) in [5.74, 6) is 2.63. The molecule has 23 nitrogen and oxygen atoms in total. The SMILES string of the molecule is CC(C)C[C@@H](C)C(N)=O.CC(C)C[C@H](C(N)=O)C1CC1.CC(C)N1CCC[C@H]1C(N)=O.CC(C)O[C@@H](C)C(N)=O.CC(C)c1cnn(C(C)(C)C(N)=O)c1.CC(C)c1cnn(C)c1.CC(C)c1cnn(CCO)c1.CNC(=O)C(C)(C)n1cc(C(C)C)cn1. The summed E-state index contributed by atoms with van der Waals surface area (Å²) < 4.78 is 12.0. The maximum Gasteiger partial charge on any atom is 0.247 e. The van der Waals surface area contributed by atoms with Gasteiger partial charge in [0.2, 0.25) is 35.4 Å². The standard InChI is InChI=1S/C11H19N3O.C10H17N3O.C9H17NO.C8H14N2O.C8H16N2O.C7H12N2.C7H15NO.C6H13NO2/c1-8(2)9-6-13-14(7-9)11(3,4)10(15)12-5;1-7(2)8-5-12-13(6-8)10(3,4)9(11)14;1-6(2)5-8(9(10)11)7-3-4-7;1-7(2)8-5-9-10(6-8)3-4-11;1-6(2)10-5-3-4-7(10)8(9)11;1-6(2)7-4-8-9(3)5-7;1-5(2)4-6(3)7(8)9;1-4(2)9-5(3)6(7)8/h6-8H,1-5H3,(H,12,15);5-7H,1-4H3,(H2,11,14);6-8H,3-5H2,1-2H3,(H2,10,11);5-7,11H,3-4H2,1-2H3;6-7H,3-5H2,1-2H3,(H2,9,11);4-6H,1-3H3;5-6H,4H2,1-3H3,(H2,8,9);4-5H,1-3H3,(H2,7,8)/t;;8-;;7-;;6-;5-/m..0.0.10/s1. The molecular weight excluding hydrogens is 1130 g/mol. The van der Waals surface area contributed by atoms with Gasteiger partial charge in [-0.1, -0.05) is 90.0 Å². The van der Waals surface area contributed by atoms with Crippen LogP contribution in [0, 0.1) is 29.6 Å². The highest BCUT2D eigenvalue weighted by Gasteiger charge is 2.35. The molecule has 0 bridgehead atoms. The number of primary amides is 5. The first kappa shape index (κ1) is 84.6. The first-order valence-corrected chi connectivity index (χ1v) is 31.8. The van der Waals surface area contributed by atoms with E-state index in [1.165, 1.54) is 24.0 Å². The Morgan fingerprint density at radius 3 is 1.30 bits per heavy atom. The lowest BCUT2D eigenvalue weighted by atomic mass is 9.92. The minimum Gasteiger partial charge on any atom is -0.394 e. The van der Waals surface area contributed by atoms with Crippen molar-refractivity contribution < 1.29 is 38.6 Å². The minimum absolute atomic E-state index is 0.00463. The number of amides is 6. The number of likely N-dealkylation sites (N-methyl/N-ethyl adjacent to an activating group) is 1. The molecule has 4 atom stereocenters. The molecule has 2 aliphatic rings. The molecule has 0 aromatic carbocycles. The smallest absolute Gasteiger partial charge is 0.247 e. The zero-order chi connectivity index (χ0) is 69.4. The maximum atomic E-state index is 11.6. The van der Waals surface area contributed by atoms with E-state index in [1.54, 1.807) is 48.1 Å². The van der Waals surface area contributed by atoms with E-state index in [2.05, 4.69) is 128 Å². The summed E-state index contributed by atoms with van der Waals surface area (Å²) >= 11 is 0. The van der Waals surface area contributed by atoms with Gasteiger partial charge in [0.15, 0.2) is 0 Å². The molecule has 5 heterocycles. The van der Waals surface area contributed by atoms with E-state index in [9.17, 15) is 28.8 Å². The quantitative estimate of drug-likeness (QED) is 0.0388. The summed E-state index contributed by atoms with van der Waals surface area (Å²) in [4.78, 5) is 67.6. The molecule has 1 aliphatic carbocycles. The number of rotatable bonds is 22. The average molecular weight is 1250 g/mol. The lowest BCUT2D eigenvalue weighted by molar-refractivity contribution is -0.131. The first-order chi connectivity index (χ1) is 41.0. The molecule has 510 valence electrons. The Morgan fingerprint density at radius 2 is 1.03 bits per heavy atom. The van der Waals surface area contributed by atoms with Crippen molar-refractivity contribution >= 4 is 35.4 Å². The second kappa shape index (κ2) is 41.8. The van der Waals surface area contributed by atoms with Gasteiger partial charge in [-0.2, -0.15) is 20.4 Å². The Labute approximate surface area is 535 Å². The molecule has 0 unspecified atom stereocenters. The number of carbonyl (C=O) groups is 6. The number of carbonyl (C=O) groups excluding carboxylic acids is 6. The van der Waals surface area contributed by atoms with Gasteiger partial charge in [-0.15, -0.1) is 0 Å². The normalized spacial score (nSPS) is 14.9. The van der Waals surface area contributed by atoms with E-state index >= 15 is 0 Å². The summed E-state index contributed by atoms with van der Waals surface area (Å²) in [5, 5.41) is 27.8. The molecule has 6 amide bonds. The maximum absolute atomic E-state index is 11.6. The fourth-order valence-corrected chi connectivity index (χ4v) is 8.60. The lowest BCUT2D eigenvalue weighted by Crippen LogP contribution is -2.43. The second-order valence-electron chi connectivity index (χ2n) is 26.9. The van der Waals surface area contributed by atoms with Gasteiger partial charge >= 0.3 is 0 Å². The molecular formula is C66H123N15O8. The van der Waals surface area contributed by atoms with Crippen molar-refractivity contribution in [2.75, 3.05) is 20.2 Å². The van der Waals surface area contributed by atoms with E-state index in [0.717, 1.165) is 43.4 Å². The Kier molecular flexibility index (Phi) is 39.7. The molecule has 1 aliphatic heterocycles. The van der Waals surface area contributed by atoms with Crippen LogP contribution in [0.1, 0.15) is 237 Å². The van der Waals surface area contributed by atoms with Crippen LogP contribution in [0.4, 0.5) is 0 Å². The van der Waals surface area contributed by atoms with Crippen LogP contribution in [0.15, 0.2) is 49.6 Å². The van der Waals surface area contributed by atoms with Crippen molar-refractivity contribution in [1.82, 2.24) is 49.3 Å². The highest BCUT2D eigenvalue weighted by atomic mass is 16.5. The van der Waals surface area contributed by atoms with E-state index in [0.29, 0.717) is 54.0 Å². The van der Waals surface area contributed by atoms with Gasteiger partial charge in [0.05, 0.1) is 50.1 Å². The molecule has 0 spiro atoms. The summed E-state index contributed by atoms with van der Waals surface area (Å²) in [6, 6.07) is 0.435. The van der Waals surface area contributed by atoms with E-state index in [-0.39, 0.29) is 60.1 Å². The fourth-order valence-electron chi connectivity index (χ4n) is 8.60. The third kappa shape index (κ3) is 33.8. The number of nitrogens with one attached hydrogen (secondary N) is 1. The monoisotopic (exact) mass is 1250 g/mol. The van der Waals surface area contributed by atoms with Crippen molar-refractivity contribution in [2.45, 2.75) is 256 Å². The highest BCUT2D eigenvalue weighted by molar-refractivity contribution is 5.83. The molecule has 4 aromatic heterocycles. The fraction of sp³-hybridized carbons (Fsp3) is 0.727. The molecule has 1 saturated heterocycles.